The van der Waals surface area contributed by atoms with E-state index in [0.29, 0.717) is 0 Å². The lowest BCUT2D eigenvalue weighted by Gasteiger charge is -2.45. The predicted molar refractivity (Wildman–Crippen MR) is 457 cm³/mol. The van der Waals surface area contributed by atoms with E-state index < -0.39 is 0 Å². The summed E-state index contributed by atoms with van der Waals surface area (Å²) in [6.07, 6.45) is 0. The van der Waals surface area contributed by atoms with E-state index >= 15 is 0 Å². The smallest absolute Gasteiger partial charge is 0.252 e. The first-order valence-corrected chi connectivity index (χ1v) is 37.4. The number of aryl methyl sites for hydroxylation is 1. The van der Waals surface area contributed by atoms with Gasteiger partial charge in [0.15, 0.2) is 0 Å². The number of anilines is 6. The fourth-order valence-corrected chi connectivity index (χ4v) is 17.8. The van der Waals surface area contributed by atoms with Crippen LogP contribution in [0.2, 0.25) is 0 Å². The zero-order valence-electron chi connectivity index (χ0n) is 59.5. The lowest BCUT2D eigenvalue weighted by Crippen LogP contribution is -2.61. The van der Waals surface area contributed by atoms with Gasteiger partial charge in [0.2, 0.25) is 0 Å². The molecule has 0 unspecified atom stereocenters. The zero-order chi connectivity index (χ0) is 71.3. The topological polar surface area (TPSA) is 16.3 Å². The summed E-state index contributed by atoms with van der Waals surface area (Å²) in [5.41, 5.74) is 36.7. The van der Waals surface area contributed by atoms with Gasteiger partial charge in [0.1, 0.15) is 0 Å². The van der Waals surface area contributed by atoms with Gasteiger partial charge < -0.3 is 18.9 Å². The highest BCUT2D eigenvalue weighted by molar-refractivity contribution is 7.00. The molecule has 0 radical (unpaired) electrons. The molecule has 0 bridgehead atoms. The molecule has 0 spiro atoms. The van der Waals surface area contributed by atoms with Crippen LogP contribution in [0.1, 0.15) is 5.56 Å². The summed E-state index contributed by atoms with van der Waals surface area (Å²) in [4.78, 5) is 5.34. The summed E-state index contributed by atoms with van der Waals surface area (Å²) < 4.78 is 4.97. The summed E-state index contributed by atoms with van der Waals surface area (Å²) in [5.74, 6) is 0. The average Bonchev–Trinajstić information content (AvgIpc) is 0.730. The van der Waals surface area contributed by atoms with Crippen LogP contribution in [0.5, 0.6) is 0 Å². The largest absolute Gasteiger partial charge is 0.310 e. The monoisotopic (exact) mass is 1370 g/mol. The third kappa shape index (κ3) is 10.3. The van der Waals surface area contributed by atoms with Crippen molar-refractivity contribution in [1.29, 1.82) is 0 Å². The Bertz CT molecular complexity index is 6670. The molecule has 19 aromatic rings. The molecule has 17 aromatic carbocycles. The van der Waals surface area contributed by atoms with E-state index in [1.807, 2.05) is 0 Å². The van der Waals surface area contributed by atoms with Crippen LogP contribution in [0, 0.1) is 6.92 Å². The van der Waals surface area contributed by atoms with Gasteiger partial charge in [-0.15, -0.1) is 0 Å². The Balaban J connectivity index is 0.864. The first kappa shape index (κ1) is 62.6. The highest BCUT2D eigenvalue weighted by atomic mass is 15.2. The van der Waals surface area contributed by atoms with Crippen molar-refractivity contribution in [3.8, 4) is 100 Å². The molecule has 2 aliphatic rings. The minimum atomic E-state index is -0.241. The van der Waals surface area contributed by atoms with Crippen molar-refractivity contribution in [2.24, 2.45) is 0 Å². The van der Waals surface area contributed by atoms with E-state index in [2.05, 4.69) is 426 Å². The lowest BCUT2D eigenvalue weighted by atomic mass is 9.33. The second kappa shape index (κ2) is 25.7. The highest BCUT2D eigenvalue weighted by Gasteiger charge is 2.45. The standard InChI is InChI=1S/C103H69BN4/c1-68-60-89(72-34-12-5-13-35-72)103(90(61-68)80-43-25-41-78(65-80)76-39-23-37-74(63-76)70-30-8-3-9-31-70)108-98-55-27-54-97-101(98)104(92-59-57-82(67-100(92)108)106-95-52-20-16-46-87(95)88-47-17-21-53-96(88)106)91-58-56-81(105-93-50-18-14-44-85(93)86-45-15-19-51-94(86)105)66-99(91)107(97)102-83(71-32-10-4-11-33-71)48-26-49-84(102)79-42-24-40-77(64-79)75-38-22-36-73(62-75)69-28-6-2-7-29-69/h2-67H,1H3. The average molecular weight is 1370 g/mol. The zero-order valence-corrected chi connectivity index (χ0v) is 59.5. The van der Waals surface area contributed by atoms with Crippen molar-refractivity contribution in [3.05, 3.63) is 406 Å². The van der Waals surface area contributed by atoms with Gasteiger partial charge in [-0.3, -0.25) is 0 Å². The quantitative estimate of drug-likeness (QED) is 0.113. The van der Waals surface area contributed by atoms with Crippen molar-refractivity contribution in [2.45, 2.75) is 6.92 Å². The van der Waals surface area contributed by atoms with E-state index in [1.54, 1.807) is 0 Å². The number of nitrogens with zero attached hydrogens (tertiary/aromatic N) is 4. The molecule has 21 rings (SSSR count). The molecule has 108 heavy (non-hydrogen) atoms. The van der Waals surface area contributed by atoms with Crippen molar-refractivity contribution < 1.29 is 0 Å². The Labute approximate surface area is 628 Å². The van der Waals surface area contributed by atoms with Gasteiger partial charge in [-0.1, -0.05) is 303 Å². The number of rotatable bonds is 12. The minimum absolute atomic E-state index is 0.241. The van der Waals surface area contributed by atoms with Crippen LogP contribution < -0.4 is 26.2 Å². The Kier molecular flexibility index (Phi) is 14.9. The Hall–Kier alpha value is -14.0. The molecular weight excluding hydrogens is 1300 g/mol. The number of hydrogen-bond donors (Lipinski definition) is 0. The first-order valence-electron chi connectivity index (χ1n) is 37.4. The molecule has 0 saturated carbocycles. The summed E-state index contributed by atoms with van der Waals surface area (Å²) in [6.45, 7) is 2.02. The molecular formula is C103H69BN4. The predicted octanol–water partition coefficient (Wildman–Crippen LogP) is 25.6. The molecule has 2 aromatic heterocycles. The number of para-hydroxylation sites is 5. The molecule has 2 aliphatic heterocycles. The molecule has 504 valence electrons. The molecule has 0 fully saturated rings. The minimum Gasteiger partial charge on any atom is -0.310 e. The van der Waals surface area contributed by atoms with Gasteiger partial charge in [-0.2, -0.15) is 0 Å². The number of benzene rings is 17. The molecule has 0 aliphatic carbocycles. The summed E-state index contributed by atoms with van der Waals surface area (Å²) in [5, 5.41) is 4.88. The van der Waals surface area contributed by atoms with Crippen LogP contribution in [0.3, 0.4) is 0 Å². The summed E-state index contributed by atoms with van der Waals surface area (Å²) in [7, 11) is 0. The SMILES string of the molecule is Cc1cc(-c2ccccc2)c(N2c3cc(-n4c5ccccc5c5ccccc54)ccc3B3c4ccc(-n5c6ccccc6c6ccccc65)cc4N(c4c(-c5ccccc5)cccc4-c4cccc(-c5cccc(-c6ccccc6)c5)c4)c4cccc2c43)c(-c2cccc(-c3cccc(-c4ccccc4)c3)c2)c1. The number of aromatic nitrogens is 2. The number of fused-ring (bicyclic) bond motifs is 10. The second-order valence-corrected chi connectivity index (χ2v) is 28.7. The van der Waals surface area contributed by atoms with Gasteiger partial charge in [0, 0.05) is 77.9 Å². The molecule has 5 heteroatoms. The van der Waals surface area contributed by atoms with Crippen LogP contribution in [0.15, 0.2) is 400 Å². The maximum Gasteiger partial charge on any atom is 0.252 e. The third-order valence-corrected chi connectivity index (χ3v) is 22.5. The molecule has 4 nitrogen and oxygen atoms in total. The van der Waals surface area contributed by atoms with Crippen LogP contribution in [-0.4, -0.2) is 15.8 Å². The van der Waals surface area contributed by atoms with E-state index in [-0.39, 0.29) is 6.71 Å². The lowest BCUT2D eigenvalue weighted by molar-refractivity contribution is 1.17. The van der Waals surface area contributed by atoms with E-state index in [4.69, 9.17) is 0 Å². The van der Waals surface area contributed by atoms with Crippen LogP contribution in [-0.2, 0) is 0 Å². The van der Waals surface area contributed by atoms with Gasteiger partial charge in [-0.25, -0.2) is 0 Å². The van der Waals surface area contributed by atoms with Crippen LogP contribution >= 0.6 is 0 Å². The Morgan fingerprint density at radius 3 is 0.907 bits per heavy atom. The molecule has 0 atom stereocenters. The summed E-state index contributed by atoms with van der Waals surface area (Å²) in [6, 6.07) is 149. The van der Waals surface area contributed by atoms with Crippen molar-refractivity contribution in [1.82, 2.24) is 9.13 Å². The fourth-order valence-electron chi connectivity index (χ4n) is 17.8. The first-order chi connectivity index (χ1) is 53.5. The maximum atomic E-state index is 2.68. The highest BCUT2D eigenvalue weighted by Crippen LogP contribution is 2.54. The Morgan fingerprint density at radius 1 is 0.204 bits per heavy atom. The molecule has 4 heterocycles. The second-order valence-electron chi connectivity index (χ2n) is 28.7. The number of hydrogen-bond acceptors (Lipinski definition) is 2. The Morgan fingerprint density at radius 2 is 0.491 bits per heavy atom. The van der Waals surface area contributed by atoms with Gasteiger partial charge in [-0.05, 0) is 193 Å². The van der Waals surface area contributed by atoms with Crippen molar-refractivity contribution in [2.75, 3.05) is 9.80 Å². The van der Waals surface area contributed by atoms with Gasteiger partial charge in [0.05, 0.1) is 33.4 Å². The van der Waals surface area contributed by atoms with Crippen molar-refractivity contribution >= 4 is 101 Å². The molecule has 0 saturated heterocycles. The van der Waals surface area contributed by atoms with E-state index in [1.165, 1.54) is 65.8 Å². The van der Waals surface area contributed by atoms with E-state index in [9.17, 15) is 0 Å². The van der Waals surface area contributed by atoms with E-state index in [0.717, 1.165) is 134 Å². The van der Waals surface area contributed by atoms with Crippen LogP contribution in [0.4, 0.5) is 34.1 Å². The van der Waals surface area contributed by atoms with Gasteiger partial charge >= 0.3 is 0 Å². The summed E-state index contributed by atoms with van der Waals surface area (Å²) >= 11 is 0. The molecule has 0 N–H and O–H groups in total. The van der Waals surface area contributed by atoms with Gasteiger partial charge in [0.25, 0.3) is 6.71 Å². The molecule has 0 amide bonds. The normalized spacial score (nSPS) is 12.2. The third-order valence-electron chi connectivity index (χ3n) is 22.5. The van der Waals surface area contributed by atoms with Crippen LogP contribution in [0.25, 0.3) is 144 Å². The maximum absolute atomic E-state index is 2.68. The fraction of sp³-hybridized carbons (Fsp3) is 0.00971. The van der Waals surface area contributed by atoms with Crippen molar-refractivity contribution in [3.63, 3.8) is 0 Å².